The summed E-state index contributed by atoms with van der Waals surface area (Å²) in [4.78, 5) is 4.28. The molecule has 0 bridgehead atoms. The lowest BCUT2D eigenvalue weighted by Gasteiger charge is -2.13. The average Bonchev–Trinajstić information content (AvgIpc) is 3.07. The molecule has 0 amide bonds. The molecule has 0 spiro atoms. The maximum atomic E-state index is 14.7. The second kappa shape index (κ2) is 6.76. The van der Waals surface area contributed by atoms with Gasteiger partial charge in [-0.1, -0.05) is 0 Å². The van der Waals surface area contributed by atoms with E-state index in [4.69, 9.17) is 15.2 Å². The minimum absolute atomic E-state index is 0.0398. The number of hydrogen-bond acceptors (Lipinski definition) is 5. The first-order chi connectivity index (χ1) is 12.5. The van der Waals surface area contributed by atoms with E-state index in [2.05, 4.69) is 4.98 Å². The van der Waals surface area contributed by atoms with Crippen molar-refractivity contribution in [1.82, 2.24) is 9.55 Å². The summed E-state index contributed by atoms with van der Waals surface area (Å²) >= 11 is 0. The van der Waals surface area contributed by atoms with Crippen LogP contribution in [0.2, 0.25) is 0 Å². The fourth-order valence-electron chi connectivity index (χ4n) is 2.76. The predicted octanol–water partition coefficient (Wildman–Crippen LogP) is 3.36. The average molecular weight is 352 g/mol. The molecule has 0 saturated carbocycles. The Morgan fingerprint density at radius 1 is 1.15 bits per heavy atom. The van der Waals surface area contributed by atoms with Crippen LogP contribution in [0.4, 0.5) is 10.2 Å². The van der Waals surface area contributed by atoms with E-state index in [1.165, 1.54) is 26.4 Å². The van der Waals surface area contributed by atoms with Crippen molar-refractivity contribution in [2.45, 2.75) is 0 Å². The van der Waals surface area contributed by atoms with Crippen molar-refractivity contribution in [2.75, 3.05) is 20.0 Å². The molecule has 0 aliphatic carbocycles. The van der Waals surface area contributed by atoms with Gasteiger partial charge in [-0.25, -0.2) is 9.37 Å². The minimum Gasteiger partial charge on any atom is -0.493 e. The molecular weight excluding hydrogens is 335 g/mol. The number of pyridine rings is 1. The topological polar surface area (TPSA) is 86.1 Å². The standard InChI is InChI=1S/C19H17FN4O2/c1-24-5-4-11(10-24)16-6-12(14(9-21)19(22)23-16)13-7-17(25-2)18(26-3)8-15(13)20/h4-8,10H,1-3H3,(H2,22,23). The van der Waals surface area contributed by atoms with Gasteiger partial charge >= 0.3 is 0 Å². The summed E-state index contributed by atoms with van der Waals surface area (Å²) in [5.41, 5.74) is 7.97. The van der Waals surface area contributed by atoms with Crippen LogP contribution in [0.1, 0.15) is 5.56 Å². The Hall–Kier alpha value is -3.53. The number of aryl methyl sites for hydroxylation is 1. The highest BCUT2D eigenvalue weighted by atomic mass is 19.1. The molecule has 0 saturated heterocycles. The number of benzene rings is 1. The van der Waals surface area contributed by atoms with Crippen molar-refractivity contribution in [3.63, 3.8) is 0 Å². The zero-order chi connectivity index (χ0) is 18.8. The van der Waals surface area contributed by atoms with Crippen LogP contribution in [0.25, 0.3) is 22.4 Å². The summed E-state index contributed by atoms with van der Waals surface area (Å²) in [6, 6.07) is 8.22. The van der Waals surface area contributed by atoms with E-state index in [1.807, 2.05) is 36.1 Å². The third kappa shape index (κ3) is 2.93. The first-order valence-corrected chi connectivity index (χ1v) is 7.73. The van der Waals surface area contributed by atoms with Crippen LogP contribution in [-0.2, 0) is 7.05 Å². The third-order valence-corrected chi connectivity index (χ3v) is 4.05. The van der Waals surface area contributed by atoms with Crippen molar-refractivity contribution in [3.8, 4) is 40.0 Å². The van der Waals surface area contributed by atoms with Crippen LogP contribution in [0.5, 0.6) is 11.5 Å². The van der Waals surface area contributed by atoms with Crippen LogP contribution < -0.4 is 15.2 Å². The molecule has 0 atom stereocenters. The van der Waals surface area contributed by atoms with Gasteiger partial charge < -0.3 is 19.8 Å². The van der Waals surface area contributed by atoms with Gasteiger partial charge in [0.15, 0.2) is 11.5 Å². The van der Waals surface area contributed by atoms with E-state index in [1.54, 1.807) is 6.07 Å². The van der Waals surface area contributed by atoms with Gasteiger partial charge in [0.05, 0.1) is 19.9 Å². The summed E-state index contributed by atoms with van der Waals surface area (Å²) in [6.45, 7) is 0. The van der Waals surface area contributed by atoms with E-state index in [0.717, 1.165) is 5.56 Å². The Morgan fingerprint density at radius 3 is 2.42 bits per heavy atom. The number of nitrogens with zero attached hydrogens (tertiary/aromatic N) is 3. The molecule has 2 heterocycles. The molecule has 6 nitrogen and oxygen atoms in total. The molecule has 3 aromatic rings. The van der Waals surface area contributed by atoms with Crippen molar-refractivity contribution in [1.29, 1.82) is 5.26 Å². The minimum atomic E-state index is -0.552. The molecule has 2 aromatic heterocycles. The summed E-state index contributed by atoms with van der Waals surface area (Å²) in [5, 5.41) is 9.49. The number of halogens is 1. The SMILES string of the molecule is COc1cc(F)c(-c2cc(-c3ccn(C)c3)nc(N)c2C#N)cc1OC. The van der Waals surface area contributed by atoms with Crippen molar-refractivity contribution < 1.29 is 13.9 Å². The largest absolute Gasteiger partial charge is 0.493 e. The van der Waals surface area contributed by atoms with Gasteiger partial charge in [0.1, 0.15) is 23.3 Å². The Morgan fingerprint density at radius 2 is 1.85 bits per heavy atom. The highest BCUT2D eigenvalue weighted by Gasteiger charge is 2.19. The van der Waals surface area contributed by atoms with E-state index >= 15 is 0 Å². The number of nitriles is 1. The van der Waals surface area contributed by atoms with Crippen molar-refractivity contribution in [3.05, 3.63) is 48.0 Å². The van der Waals surface area contributed by atoms with Gasteiger partial charge in [0, 0.05) is 42.2 Å². The number of hydrogen-bond donors (Lipinski definition) is 1. The van der Waals surface area contributed by atoms with Gasteiger partial charge in [-0.05, 0) is 18.2 Å². The predicted molar refractivity (Wildman–Crippen MR) is 96.3 cm³/mol. The number of rotatable bonds is 4. The van der Waals surface area contributed by atoms with Crippen molar-refractivity contribution in [2.24, 2.45) is 7.05 Å². The zero-order valence-electron chi connectivity index (χ0n) is 14.6. The summed E-state index contributed by atoms with van der Waals surface area (Å²) in [7, 11) is 4.77. The first-order valence-electron chi connectivity index (χ1n) is 7.73. The lowest BCUT2D eigenvalue weighted by atomic mass is 9.98. The number of methoxy groups -OCH3 is 2. The van der Waals surface area contributed by atoms with E-state index in [-0.39, 0.29) is 22.7 Å². The van der Waals surface area contributed by atoms with Gasteiger partial charge in [-0.3, -0.25) is 0 Å². The Labute approximate surface area is 150 Å². The number of aromatic nitrogens is 2. The second-order valence-corrected chi connectivity index (χ2v) is 5.68. The number of nitrogen functional groups attached to an aromatic ring is 1. The Balaban J connectivity index is 2.27. The molecule has 0 aliphatic heterocycles. The third-order valence-electron chi connectivity index (χ3n) is 4.05. The zero-order valence-corrected chi connectivity index (χ0v) is 14.6. The maximum absolute atomic E-state index is 14.7. The summed E-state index contributed by atoms with van der Waals surface area (Å²) < 4.78 is 26.9. The molecule has 0 aliphatic rings. The molecule has 26 heavy (non-hydrogen) atoms. The van der Waals surface area contributed by atoms with Gasteiger partial charge in [-0.15, -0.1) is 0 Å². The molecule has 3 rings (SSSR count). The molecule has 1 aromatic carbocycles. The van der Waals surface area contributed by atoms with Crippen LogP contribution in [0, 0.1) is 17.1 Å². The molecule has 0 unspecified atom stereocenters. The van der Waals surface area contributed by atoms with Crippen LogP contribution in [0.15, 0.2) is 36.7 Å². The quantitative estimate of drug-likeness (QED) is 0.778. The molecule has 2 N–H and O–H groups in total. The molecule has 0 radical (unpaired) electrons. The molecule has 132 valence electrons. The maximum Gasteiger partial charge on any atom is 0.163 e. The Kier molecular flexibility index (Phi) is 4.50. The normalized spacial score (nSPS) is 10.4. The number of nitrogens with two attached hydrogens (primary N) is 1. The highest BCUT2D eigenvalue weighted by Crippen LogP contribution is 2.38. The van der Waals surface area contributed by atoms with E-state index in [0.29, 0.717) is 17.0 Å². The summed E-state index contributed by atoms with van der Waals surface area (Å²) in [5.74, 6) is 0.101. The smallest absolute Gasteiger partial charge is 0.163 e. The summed E-state index contributed by atoms with van der Waals surface area (Å²) in [6.07, 6.45) is 3.73. The van der Waals surface area contributed by atoms with Gasteiger partial charge in [-0.2, -0.15) is 5.26 Å². The fraction of sp³-hybridized carbons (Fsp3) is 0.158. The van der Waals surface area contributed by atoms with Gasteiger partial charge in [0.25, 0.3) is 0 Å². The fourth-order valence-corrected chi connectivity index (χ4v) is 2.76. The van der Waals surface area contributed by atoms with Crippen LogP contribution in [0.3, 0.4) is 0 Å². The lowest BCUT2D eigenvalue weighted by Crippen LogP contribution is -2.01. The second-order valence-electron chi connectivity index (χ2n) is 5.68. The first kappa shape index (κ1) is 17.3. The lowest BCUT2D eigenvalue weighted by molar-refractivity contribution is 0.352. The number of ether oxygens (including phenoxy) is 2. The Bertz CT molecular complexity index is 1020. The number of anilines is 1. The molecule has 0 fully saturated rings. The van der Waals surface area contributed by atoms with E-state index in [9.17, 15) is 9.65 Å². The molecular formula is C19H17FN4O2. The molecule has 7 heteroatoms. The van der Waals surface area contributed by atoms with Gasteiger partial charge in [0.2, 0.25) is 0 Å². The monoisotopic (exact) mass is 352 g/mol. The van der Waals surface area contributed by atoms with Crippen LogP contribution in [-0.4, -0.2) is 23.8 Å². The van der Waals surface area contributed by atoms with Crippen molar-refractivity contribution >= 4 is 5.82 Å². The van der Waals surface area contributed by atoms with E-state index < -0.39 is 5.82 Å². The van der Waals surface area contributed by atoms with Crippen LogP contribution >= 0.6 is 0 Å². The highest BCUT2D eigenvalue weighted by molar-refractivity contribution is 5.81.